The Balaban J connectivity index is 2.66. The lowest BCUT2D eigenvalue weighted by Crippen LogP contribution is -2.30. The second-order valence-electron chi connectivity index (χ2n) is 4.75. The average Bonchev–Trinajstić information content (AvgIpc) is 2.29. The van der Waals surface area contributed by atoms with Crippen molar-refractivity contribution < 1.29 is 4.74 Å². The van der Waals surface area contributed by atoms with Crippen molar-refractivity contribution in [3.05, 3.63) is 18.3 Å². The molecule has 17 heavy (non-hydrogen) atoms. The molecule has 0 amide bonds. The van der Waals surface area contributed by atoms with Crippen LogP contribution in [0.4, 0.5) is 11.5 Å². The third kappa shape index (κ3) is 4.23. The lowest BCUT2D eigenvalue weighted by molar-refractivity contribution is 0.171. The smallest absolute Gasteiger partial charge is 0.128 e. The first kappa shape index (κ1) is 13.8. The van der Waals surface area contributed by atoms with Gasteiger partial charge in [0.15, 0.2) is 0 Å². The minimum atomic E-state index is 0.312. The van der Waals surface area contributed by atoms with E-state index < -0.39 is 0 Å². The van der Waals surface area contributed by atoms with Crippen molar-refractivity contribution in [1.82, 2.24) is 4.98 Å². The highest BCUT2D eigenvalue weighted by atomic mass is 16.5. The lowest BCUT2D eigenvalue weighted by atomic mass is 10.1. The number of methoxy groups -OCH3 is 1. The van der Waals surface area contributed by atoms with E-state index in [1.165, 1.54) is 0 Å². The molecule has 0 bridgehead atoms. The van der Waals surface area contributed by atoms with E-state index in [0.717, 1.165) is 11.5 Å². The summed E-state index contributed by atoms with van der Waals surface area (Å²) in [6.07, 6.45) is 1.86. The van der Waals surface area contributed by atoms with Crippen molar-refractivity contribution in [2.45, 2.75) is 19.9 Å². The Hall–Kier alpha value is -1.29. The summed E-state index contributed by atoms with van der Waals surface area (Å²) in [4.78, 5) is 6.36. The molecular formula is C13H23N3O. The lowest BCUT2D eigenvalue weighted by Gasteiger charge is -2.22. The number of rotatable bonds is 6. The van der Waals surface area contributed by atoms with Gasteiger partial charge >= 0.3 is 0 Å². The van der Waals surface area contributed by atoms with Crippen molar-refractivity contribution in [2.24, 2.45) is 5.92 Å². The number of nitrogens with one attached hydrogen (secondary N) is 1. The molecule has 1 aromatic rings. The van der Waals surface area contributed by atoms with Gasteiger partial charge in [-0.05, 0) is 18.1 Å². The van der Waals surface area contributed by atoms with Gasteiger partial charge in [-0.2, -0.15) is 0 Å². The van der Waals surface area contributed by atoms with Gasteiger partial charge in [0.2, 0.25) is 0 Å². The third-order valence-electron chi connectivity index (χ3n) is 2.71. The number of ether oxygens (including phenoxy) is 1. The van der Waals surface area contributed by atoms with E-state index in [1.54, 1.807) is 7.11 Å². The van der Waals surface area contributed by atoms with Crippen LogP contribution in [0.5, 0.6) is 0 Å². The molecule has 0 fully saturated rings. The normalized spacial score (nSPS) is 12.6. The average molecular weight is 237 g/mol. The Kier molecular flexibility index (Phi) is 5.22. The SMILES string of the molecule is COCC(Nc1ccc(N(C)C)nc1)C(C)C. The van der Waals surface area contributed by atoms with Gasteiger partial charge in [-0.25, -0.2) is 4.98 Å². The predicted molar refractivity (Wildman–Crippen MR) is 72.7 cm³/mol. The number of hydrogen-bond donors (Lipinski definition) is 1. The van der Waals surface area contributed by atoms with Gasteiger partial charge < -0.3 is 15.0 Å². The maximum atomic E-state index is 5.21. The van der Waals surface area contributed by atoms with E-state index in [0.29, 0.717) is 18.6 Å². The van der Waals surface area contributed by atoms with E-state index >= 15 is 0 Å². The van der Waals surface area contributed by atoms with Crippen molar-refractivity contribution in [1.29, 1.82) is 0 Å². The second-order valence-corrected chi connectivity index (χ2v) is 4.75. The van der Waals surface area contributed by atoms with E-state index in [1.807, 2.05) is 37.3 Å². The highest BCUT2D eigenvalue weighted by Crippen LogP contribution is 2.15. The molecule has 0 spiro atoms. The zero-order valence-corrected chi connectivity index (χ0v) is 11.4. The van der Waals surface area contributed by atoms with Crippen molar-refractivity contribution in [3.8, 4) is 0 Å². The summed E-state index contributed by atoms with van der Waals surface area (Å²) >= 11 is 0. The fourth-order valence-corrected chi connectivity index (χ4v) is 1.53. The van der Waals surface area contributed by atoms with Gasteiger partial charge in [-0.3, -0.25) is 0 Å². The zero-order valence-electron chi connectivity index (χ0n) is 11.4. The molecule has 4 nitrogen and oxygen atoms in total. The molecule has 0 saturated heterocycles. The number of pyridine rings is 1. The Bertz CT molecular complexity index is 322. The van der Waals surface area contributed by atoms with Crippen LogP contribution in [0.25, 0.3) is 0 Å². The first-order valence-electron chi connectivity index (χ1n) is 5.93. The first-order chi connectivity index (χ1) is 8.04. The maximum absolute atomic E-state index is 5.21. The van der Waals surface area contributed by atoms with Gasteiger partial charge in [-0.15, -0.1) is 0 Å². The molecule has 96 valence electrons. The van der Waals surface area contributed by atoms with Gasteiger partial charge in [0.25, 0.3) is 0 Å². The molecule has 0 saturated carbocycles. The largest absolute Gasteiger partial charge is 0.383 e. The van der Waals surface area contributed by atoms with Crippen LogP contribution >= 0.6 is 0 Å². The zero-order chi connectivity index (χ0) is 12.8. The van der Waals surface area contributed by atoms with Crippen LogP contribution < -0.4 is 10.2 Å². The summed E-state index contributed by atoms with van der Waals surface area (Å²) in [6.45, 7) is 5.06. The number of aromatic nitrogens is 1. The first-order valence-corrected chi connectivity index (χ1v) is 5.93. The van der Waals surface area contributed by atoms with E-state index in [2.05, 4.69) is 24.1 Å². The molecule has 1 atom stereocenters. The van der Waals surface area contributed by atoms with Crippen LogP contribution in [-0.4, -0.2) is 38.8 Å². The Morgan fingerprint density at radius 1 is 1.35 bits per heavy atom. The molecule has 0 aliphatic rings. The highest BCUT2D eigenvalue weighted by molar-refractivity contribution is 5.48. The van der Waals surface area contributed by atoms with E-state index in [-0.39, 0.29) is 0 Å². The van der Waals surface area contributed by atoms with Crippen LogP contribution in [0.2, 0.25) is 0 Å². The molecule has 1 aromatic heterocycles. The third-order valence-corrected chi connectivity index (χ3v) is 2.71. The monoisotopic (exact) mass is 237 g/mol. The molecule has 1 N–H and O–H groups in total. The molecule has 0 radical (unpaired) electrons. The fourth-order valence-electron chi connectivity index (χ4n) is 1.53. The van der Waals surface area contributed by atoms with Gasteiger partial charge in [0, 0.05) is 21.2 Å². The molecule has 1 unspecified atom stereocenters. The highest BCUT2D eigenvalue weighted by Gasteiger charge is 2.12. The summed E-state index contributed by atoms with van der Waals surface area (Å²) in [5.74, 6) is 1.48. The van der Waals surface area contributed by atoms with Crippen LogP contribution in [-0.2, 0) is 4.74 Å². The molecule has 4 heteroatoms. The van der Waals surface area contributed by atoms with Crippen LogP contribution in [0.3, 0.4) is 0 Å². The van der Waals surface area contributed by atoms with Crippen molar-refractivity contribution >= 4 is 11.5 Å². The number of hydrogen-bond acceptors (Lipinski definition) is 4. The van der Waals surface area contributed by atoms with E-state index in [4.69, 9.17) is 4.74 Å². The predicted octanol–water partition coefficient (Wildman–Crippen LogP) is 2.23. The van der Waals surface area contributed by atoms with Crippen LogP contribution in [0.15, 0.2) is 18.3 Å². The quantitative estimate of drug-likeness (QED) is 0.823. The summed E-state index contributed by atoms with van der Waals surface area (Å²) in [7, 11) is 5.69. The van der Waals surface area contributed by atoms with Gasteiger partial charge in [0.05, 0.1) is 24.5 Å². The summed E-state index contributed by atoms with van der Waals surface area (Å²) < 4.78 is 5.21. The minimum Gasteiger partial charge on any atom is -0.383 e. The summed E-state index contributed by atoms with van der Waals surface area (Å²) in [5.41, 5.74) is 1.03. The Labute approximate surface area is 104 Å². The molecule has 0 aliphatic heterocycles. The molecule has 0 aliphatic carbocycles. The standard InChI is InChI=1S/C13H23N3O/c1-10(2)12(9-17-5)15-11-6-7-13(14-8-11)16(3)4/h6-8,10,12,15H,9H2,1-5H3. The second kappa shape index (κ2) is 6.45. The van der Waals surface area contributed by atoms with Gasteiger partial charge in [-0.1, -0.05) is 13.8 Å². The van der Waals surface area contributed by atoms with Crippen molar-refractivity contribution in [3.63, 3.8) is 0 Å². The van der Waals surface area contributed by atoms with E-state index in [9.17, 15) is 0 Å². The minimum absolute atomic E-state index is 0.312. The maximum Gasteiger partial charge on any atom is 0.128 e. The molecule has 1 heterocycles. The number of nitrogens with zero attached hydrogens (tertiary/aromatic N) is 2. The topological polar surface area (TPSA) is 37.4 Å². The Morgan fingerprint density at radius 2 is 2.06 bits per heavy atom. The van der Waals surface area contributed by atoms with Crippen LogP contribution in [0, 0.1) is 5.92 Å². The van der Waals surface area contributed by atoms with Crippen molar-refractivity contribution in [2.75, 3.05) is 38.0 Å². The molecule has 1 rings (SSSR count). The van der Waals surface area contributed by atoms with Crippen LogP contribution in [0.1, 0.15) is 13.8 Å². The number of anilines is 2. The summed E-state index contributed by atoms with van der Waals surface area (Å²) in [6, 6.07) is 4.37. The molecular weight excluding hydrogens is 214 g/mol. The van der Waals surface area contributed by atoms with Gasteiger partial charge in [0.1, 0.15) is 5.82 Å². The summed E-state index contributed by atoms with van der Waals surface area (Å²) in [5, 5.41) is 3.44. The Morgan fingerprint density at radius 3 is 2.47 bits per heavy atom. The fraction of sp³-hybridized carbons (Fsp3) is 0.615. The molecule has 0 aromatic carbocycles.